The van der Waals surface area contributed by atoms with Gasteiger partial charge in [-0.25, -0.2) is 27.4 Å². The molecular formula is C16H38O26P6. The quantitative estimate of drug-likeness (QED) is 0.0457. The summed E-state index contributed by atoms with van der Waals surface area (Å²) in [4.78, 5) is 105. The Morgan fingerprint density at radius 2 is 0.833 bits per heavy atom. The van der Waals surface area contributed by atoms with Crippen LogP contribution in [-0.2, 0) is 68.5 Å². The van der Waals surface area contributed by atoms with Crippen LogP contribution in [0.15, 0.2) is 0 Å². The normalized spacial score (nSPS) is 26.7. The summed E-state index contributed by atoms with van der Waals surface area (Å²) in [6.45, 7) is 0.926. The number of methoxy groups -OCH3 is 1. The summed E-state index contributed by atoms with van der Waals surface area (Å²) in [5, 5.41) is 0. The zero-order chi connectivity index (χ0) is 37.4. The number of ether oxygens (including phenoxy) is 2. The molecule has 1 aliphatic carbocycles. The molecule has 0 bridgehead atoms. The molecule has 288 valence electrons. The van der Waals surface area contributed by atoms with Gasteiger partial charge in [-0.15, -0.1) is 0 Å². The molecule has 32 heteroatoms. The summed E-state index contributed by atoms with van der Waals surface area (Å²) in [6, 6.07) is 0. The van der Waals surface area contributed by atoms with Gasteiger partial charge in [-0.05, 0) is 6.42 Å². The van der Waals surface area contributed by atoms with Crippen LogP contribution in [0.5, 0.6) is 0 Å². The van der Waals surface area contributed by atoms with E-state index in [1.807, 2.05) is 6.92 Å². The minimum atomic E-state index is -6.07. The van der Waals surface area contributed by atoms with Crippen LogP contribution in [0.1, 0.15) is 32.6 Å². The number of hydrogen-bond donors (Lipinski definition) is 11. The van der Waals surface area contributed by atoms with Gasteiger partial charge in [-0.2, -0.15) is 0 Å². The van der Waals surface area contributed by atoms with Gasteiger partial charge in [0.2, 0.25) is 0 Å². The predicted octanol–water partition coefficient (Wildman–Crippen LogP) is -0.496. The smallest absolute Gasteiger partial charge is 0.382 e. The van der Waals surface area contributed by atoms with Crippen LogP contribution >= 0.6 is 46.9 Å². The van der Waals surface area contributed by atoms with Gasteiger partial charge in [0.25, 0.3) is 0 Å². The van der Waals surface area contributed by atoms with Gasteiger partial charge >= 0.3 is 46.9 Å². The number of rotatable bonds is 23. The third-order valence-corrected chi connectivity index (χ3v) is 9.20. The van der Waals surface area contributed by atoms with E-state index in [0.717, 1.165) is 19.3 Å². The summed E-state index contributed by atoms with van der Waals surface area (Å²) in [6.07, 6.45) is -16.8. The molecule has 1 saturated carbocycles. The lowest BCUT2D eigenvalue weighted by Gasteiger charge is -2.48. The van der Waals surface area contributed by atoms with Crippen molar-refractivity contribution >= 4 is 46.9 Å². The molecule has 0 aromatic carbocycles. The molecule has 0 radical (unpaired) electrons. The summed E-state index contributed by atoms with van der Waals surface area (Å²) in [5.41, 5.74) is 0. The zero-order valence-corrected chi connectivity index (χ0v) is 30.1. The Labute approximate surface area is 271 Å². The Morgan fingerprint density at radius 3 is 1.12 bits per heavy atom. The fourth-order valence-corrected chi connectivity index (χ4v) is 7.85. The molecule has 0 aromatic heterocycles. The number of hydrogen-bond acceptors (Lipinski definition) is 15. The average Bonchev–Trinajstić information content (AvgIpc) is 2.85. The Hall–Kier alpha value is 0.580. The van der Waals surface area contributed by atoms with Crippen molar-refractivity contribution in [2.45, 2.75) is 75.3 Å². The van der Waals surface area contributed by atoms with Crippen molar-refractivity contribution < 1.29 is 122 Å². The highest BCUT2D eigenvalue weighted by Crippen LogP contribution is 2.58. The first-order valence-corrected chi connectivity index (χ1v) is 22.2. The lowest BCUT2D eigenvalue weighted by molar-refractivity contribution is -0.202. The molecule has 0 saturated heterocycles. The maximum Gasteiger partial charge on any atom is 0.472 e. The maximum absolute atomic E-state index is 13.1. The number of phosphoric acid groups is 6. The van der Waals surface area contributed by atoms with Crippen LogP contribution in [0.2, 0.25) is 0 Å². The van der Waals surface area contributed by atoms with Crippen LogP contribution in [0, 0.1) is 0 Å². The van der Waals surface area contributed by atoms with Crippen molar-refractivity contribution in [1.29, 1.82) is 0 Å². The molecule has 1 fully saturated rings. The number of unbranched alkanes of at least 4 members (excludes halogenated alkanes) is 3. The van der Waals surface area contributed by atoms with E-state index in [-0.39, 0.29) is 13.2 Å². The van der Waals surface area contributed by atoms with Gasteiger partial charge in [-0.1, -0.05) is 26.2 Å². The van der Waals surface area contributed by atoms with Crippen molar-refractivity contribution in [2.75, 3.05) is 26.9 Å². The van der Waals surface area contributed by atoms with Gasteiger partial charge in [0.15, 0.2) is 0 Å². The highest BCUT2D eigenvalue weighted by molar-refractivity contribution is 7.48. The Morgan fingerprint density at radius 1 is 0.500 bits per heavy atom. The fraction of sp³-hybridized carbons (Fsp3) is 1.00. The van der Waals surface area contributed by atoms with Crippen molar-refractivity contribution in [3.8, 4) is 0 Å². The molecule has 3 unspecified atom stereocenters. The Balaban J connectivity index is 3.80. The summed E-state index contributed by atoms with van der Waals surface area (Å²) >= 11 is 0. The van der Waals surface area contributed by atoms with Gasteiger partial charge in [-0.3, -0.25) is 31.7 Å². The van der Waals surface area contributed by atoms with Crippen LogP contribution in [-0.4, -0.2) is 123 Å². The van der Waals surface area contributed by atoms with Crippen LogP contribution < -0.4 is 0 Å². The second kappa shape index (κ2) is 19.1. The molecule has 48 heavy (non-hydrogen) atoms. The van der Waals surface area contributed by atoms with E-state index in [1.54, 1.807) is 0 Å². The molecule has 1 aliphatic rings. The van der Waals surface area contributed by atoms with E-state index >= 15 is 0 Å². The van der Waals surface area contributed by atoms with Crippen molar-refractivity contribution in [2.24, 2.45) is 0 Å². The molecule has 0 spiro atoms. The summed E-state index contributed by atoms with van der Waals surface area (Å²) in [5.74, 6) is 0. The van der Waals surface area contributed by atoms with E-state index in [2.05, 4.69) is 22.6 Å². The minimum absolute atomic E-state index is 0.108. The van der Waals surface area contributed by atoms with Gasteiger partial charge in [0, 0.05) is 13.7 Å². The van der Waals surface area contributed by atoms with Crippen LogP contribution in [0.3, 0.4) is 0 Å². The topological polar surface area (TPSA) is 408 Å². The molecule has 0 aliphatic heterocycles. The first-order valence-electron chi connectivity index (χ1n) is 13.0. The van der Waals surface area contributed by atoms with Gasteiger partial charge in [0.1, 0.15) is 42.7 Å². The lowest BCUT2D eigenvalue weighted by atomic mass is 9.85. The number of phosphoric ester groups is 6. The summed E-state index contributed by atoms with van der Waals surface area (Å²) < 4.78 is 114. The Kier molecular flexibility index (Phi) is 18.5. The third-order valence-electron chi connectivity index (χ3n) is 5.62. The van der Waals surface area contributed by atoms with E-state index in [0.29, 0.717) is 6.42 Å². The molecule has 0 amide bonds. The second-order valence-electron chi connectivity index (χ2n) is 9.65. The average molecular weight is 832 g/mol. The minimum Gasteiger partial charge on any atom is -0.382 e. The molecule has 26 nitrogen and oxygen atoms in total. The van der Waals surface area contributed by atoms with E-state index in [4.69, 9.17) is 18.5 Å². The van der Waals surface area contributed by atoms with Gasteiger partial charge < -0.3 is 63.3 Å². The predicted molar refractivity (Wildman–Crippen MR) is 151 cm³/mol. The Bertz CT molecular complexity index is 1220. The third kappa shape index (κ3) is 19.4. The first-order chi connectivity index (χ1) is 21.6. The summed E-state index contributed by atoms with van der Waals surface area (Å²) in [7, 11) is -34.9. The standard InChI is InChI=1S/C16H38O26P6/c1-3-4-5-6-7-35-10(8-34-2)9-36-48(32,33)42-16-14(40-46(26,27)28)12(38-44(20,21)22)11(37-43(17,18)19)13(39-45(23,24)25)15(16)41-47(29,30)31/h10-16H,3-9H2,1-2H3,(H,32,33)(H2,17,18,19)(H2,20,21,22)(H2,23,24,25)(H2,26,27,28)(H2,29,30,31)/t10-,11?,12-,13+,14+,15+,16?/m1/s1. The molecule has 11 N–H and O–H groups in total. The zero-order valence-electron chi connectivity index (χ0n) is 24.7. The largest absolute Gasteiger partial charge is 0.472 e. The van der Waals surface area contributed by atoms with Crippen molar-refractivity contribution in [1.82, 2.24) is 0 Å². The van der Waals surface area contributed by atoms with Crippen LogP contribution in [0.4, 0.5) is 0 Å². The highest BCUT2D eigenvalue weighted by Gasteiger charge is 2.63. The van der Waals surface area contributed by atoms with Crippen molar-refractivity contribution in [3.05, 3.63) is 0 Å². The highest BCUT2D eigenvalue weighted by atomic mass is 31.2. The molecule has 1 rings (SSSR count). The molecule has 0 aromatic rings. The van der Waals surface area contributed by atoms with E-state index < -0.39 is 96.3 Å². The molecular weight excluding hydrogens is 794 g/mol. The van der Waals surface area contributed by atoms with Crippen LogP contribution in [0.25, 0.3) is 0 Å². The first kappa shape index (κ1) is 46.6. The van der Waals surface area contributed by atoms with E-state index in [1.165, 1.54) is 7.11 Å². The van der Waals surface area contributed by atoms with Gasteiger partial charge in [0.05, 0.1) is 13.2 Å². The maximum atomic E-state index is 13.1. The SMILES string of the molecule is CCCCCCO[C@H](COC)COP(=O)(O)OC1[C@@H](OP(=O)(O)O)[C@H](OP(=O)(O)O)C(OP(=O)(O)O)[C@H](OP(=O)(O)O)[C@@H]1OP(=O)(O)O. The lowest BCUT2D eigenvalue weighted by Crippen LogP contribution is -2.66. The molecule has 0 heterocycles. The second-order valence-corrected chi connectivity index (χ2v) is 17.0. The fourth-order valence-electron chi connectivity index (χ4n) is 4.10. The van der Waals surface area contributed by atoms with E-state index in [9.17, 15) is 81.2 Å². The van der Waals surface area contributed by atoms with Crippen molar-refractivity contribution in [3.63, 3.8) is 0 Å². The monoisotopic (exact) mass is 832 g/mol. The molecule has 8 atom stereocenters.